The van der Waals surface area contributed by atoms with Gasteiger partial charge < -0.3 is 18.9 Å². The molecule has 3 rings (SSSR count). The van der Waals surface area contributed by atoms with E-state index in [1.54, 1.807) is 48.5 Å². The predicted molar refractivity (Wildman–Crippen MR) is 132 cm³/mol. The summed E-state index contributed by atoms with van der Waals surface area (Å²) < 4.78 is 20.8. The number of esters is 3. The van der Waals surface area contributed by atoms with E-state index < -0.39 is 54.0 Å². The first-order valence-corrected chi connectivity index (χ1v) is 11.6. The van der Waals surface area contributed by atoms with Gasteiger partial charge in [-0.1, -0.05) is 60.7 Å². The van der Waals surface area contributed by atoms with Crippen molar-refractivity contribution in [1.29, 1.82) is 0 Å². The number of rotatable bonds is 10. The second-order valence-corrected chi connectivity index (χ2v) is 8.43. The Labute approximate surface area is 215 Å². The van der Waals surface area contributed by atoms with Crippen LogP contribution in [0.15, 0.2) is 60.7 Å². The summed E-state index contributed by atoms with van der Waals surface area (Å²) in [4.78, 5) is 54.3. The number of amides is 1. The lowest BCUT2D eigenvalue weighted by Gasteiger charge is -2.41. The number of hydrogen-bond donors (Lipinski definition) is 0. The molecule has 1 saturated heterocycles. The summed E-state index contributed by atoms with van der Waals surface area (Å²) >= 11 is 0. The molecule has 0 unspecified atom stereocenters. The predicted octanol–water partition coefficient (Wildman–Crippen LogP) is 3.60. The molecule has 194 valence electrons. The standard InChI is InChI=1S/C28H29NO8/c1-5-6-17-28(25(31)35-3,26(32)36-4)21(18-22(30)34-2)29-23(19-13-9-7-10-14-19)24(37-27(29)33)20-15-11-8-12-16-20/h1,7-16,21,23-24H,6,17-18H2,2-4H3/t21-,23+,24-/m1/s1. The van der Waals surface area contributed by atoms with Crippen LogP contribution < -0.4 is 0 Å². The zero-order chi connectivity index (χ0) is 27.0. The lowest BCUT2D eigenvalue weighted by atomic mass is 9.73. The van der Waals surface area contributed by atoms with Crippen molar-refractivity contribution in [3.05, 3.63) is 71.8 Å². The van der Waals surface area contributed by atoms with Gasteiger partial charge in [0.15, 0.2) is 11.5 Å². The number of ether oxygens (including phenoxy) is 4. The minimum atomic E-state index is -2.14. The Kier molecular flexibility index (Phi) is 8.90. The van der Waals surface area contributed by atoms with Crippen molar-refractivity contribution in [2.45, 2.75) is 37.5 Å². The van der Waals surface area contributed by atoms with Gasteiger partial charge >= 0.3 is 24.0 Å². The lowest BCUT2D eigenvalue weighted by Crippen LogP contribution is -2.58. The summed E-state index contributed by atoms with van der Waals surface area (Å²) in [5, 5.41) is 0. The van der Waals surface area contributed by atoms with Crippen molar-refractivity contribution in [1.82, 2.24) is 4.90 Å². The number of cyclic esters (lactones) is 1. The maximum Gasteiger partial charge on any atom is 0.411 e. The maximum absolute atomic E-state index is 13.6. The SMILES string of the molecule is C#CCCC(C(=O)OC)(C(=O)OC)[C@@H](CC(=O)OC)N1C(=O)O[C@H](c2ccccc2)[C@@H]1c1ccccc1. The first-order valence-electron chi connectivity index (χ1n) is 11.6. The van der Waals surface area contributed by atoms with Crippen LogP contribution in [-0.2, 0) is 33.3 Å². The highest BCUT2D eigenvalue weighted by Gasteiger charge is 2.61. The summed E-state index contributed by atoms with van der Waals surface area (Å²) in [5.41, 5.74) is -0.783. The first kappa shape index (κ1) is 27.3. The van der Waals surface area contributed by atoms with Crippen LogP contribution in [0.2, 0.25) is 0 Å². The number of terminal acetylenes is 1. The van der Waals surface area contributed by atoms with Crippen LogP contribution >= 0.6 is 0 Å². The second-order valence-electron chi connectivity index (χ2n) is 8.43. The van der Waals surface area contributed by atoms with E-state index in [0.717, 1.165) is 14.2 Å². The summed E-state index contributed by atoms with van der Waals surface area (Å²) in [6, 6.07) is 15.8. The third-order valence-electron chi connectivity index (χ3n) is 6.55. The van der Waals surface area contributed by atoms with Crippen molar-refractivity contribution in [3.63, 3.8) is 0 Å². The molecule has 1 aliphatic heterocycles. The first-order chi connectivity index (χ1) is 17.8. The monoisotopic (exact) mass is 507 g/mol. The second kappa shape index (κ2) is 12.1. The smallest absolute Gasteiger partial charge is 0.411 e. The van der Waals surface area contributed by atoms with E-state index in [9.17, 15) is 19.2 Å². The average Bonchev–Trinajstić information content (AvgIpc) is 3.29. The number of nitrogens with zero attached hydrogens (tertiary/aromatic N) is 1. The molecule has 0 aliphatic carbocycles. The highest BCUT2D eigenvalue weighted by molar-refractivity contribution is 6.02. The van der Waals surface area contributed by atoms with Gasteiger partial charge in [-0.05, 0) is 17.5 Å². The molecule has 1 aliphatic rings. The zero-order valence-corrected chi connectivity index (χ0v) is 20.9. The summed E-state index contributed by atoms with van der Waals surface area (Å²) in [7, 11) is 3.38. The lowest BCUT2D eigenvalue weighted by molar-refractivity contribution is -0.176. The van der Waals surface area contributed by atoms with Gasteiger partial charge in [-0.2, -0.15) is 0 Å². The quantitative estimate of drug-likeness (QED) is 0.208. The average molecular weight is 508 g/mol. The van der Waals surface area contributed by atoms with Gasteiger partial charge in [-0.25, -0.2) is 4.79 Å². The van der Waals surface area contributed by atoms with Gasteiger partial charge in [0.25, 0.3) is 0 Å². The Balaban J connectivity index is 2.30. The molecule has 0 radical (unpaired) electrons. The molecule has 9 nitrogen and oxygen atoms in total. The van der Waals surface area contributed by atoms with Gasteiger partial charge in [0.1, 0.15) is 6.04 Å². The Morgan fingerprint density at radius 2 is 1.49 bits per heavy atom. The fourth-order valence-electron chi connectivity index (χ4n) is 4.80. The van der Waals surface area contributed by atoms with Crippen LogP contribution in [0.3, 0.4) is 0 Å². The molecule has 1 heterocycles. The highest BCUT2D eigenvalue weighted by atomic mass is 16.6. The van der Waals surface area contributed by atoms with Crippen LogP contribution in [0.4, 0.5) is 4.79 Å². The molecule has 37 heavy (non-hydrogen) atoms. The molecule has 2 aromatic rings. The van der Waals surface area contributed by atoms with Crippen molar-refractivity contribution in [2.75, 3.05) is 21.3 Å². The van der Waals surface area contributed by atoms with Crippen molar-refractivity contribution < 1.29 is 38.1 Å². The van der Waals surface area contributed by atoms with Gasteiger partial charge in [-0.3, -0.25) is 19.3 Å². The molecule has 2 aromatic carbocycles. The third kappa shape index (κ3) is 5.28. The molecule has 0 N–H and O–H groups in total. The summed E-state index contributed by atoms with van der Waals surface area (Å²) in [6.07, 6.45) is 3.05. The third-order valence-corrected chi connectivity index (χ3v) is 6.55. The molecular weight excluding hydrogens is 478 g/mol. The van der Waals surface area contributed by atoms with E-state index in [1.165, 1.54) is 12.0 Å². The summed E-state index contributed by atoms with van der Waals surface area (Å²) in [5.74, 6) is -0.331. The number of hydrogen-bond acceptors (Lipinski definition) is 8. The normalized spacial score (nSPS) is 17.8. The van der Waals surface area contributed by atoms with E-state index >= 15 is 0 Å². The largest absolute Gasteiger partial charge is 0.469 e. The maximum atomic E-state index is 13.6. The minimum Gasteiger partial charge on any atom is -0.469 e. The Bertz CT molecular complexity index is 1140. The van der Waals surface area contributed by atoms with E-state index in [2.05, 4.69) is 5.92 Å². The van der Waals surface area contributed by atoms with Crippen LogP contribution in [0.5, 0.6) is 0 Å². The summed E-state index contributed by atoms with van der Waals surface area (Å²) in [6.45, 7) is 0. The fourth-order valence-corrected chi connectivity index (χ4v) is 4.80. The minimum absolute atomic E-state index is 0.0388. The highest BCUT2D eigenvalue weighted by Crippen LogP contribution is 2.49. The molecule has 3 atom stereocenters. The molecule has 0 aromatic heterocycles. The Morgan fingerprint density at radius 1 is 0.946 bits per heavy atom. The molecule has 1 amide bonds. The number of benzene rings is 2. The molecule has 9 heteroatoms. The van der Waals surface area contributed by atoms with E-state index in [1.807, 2.05) is 12.1 Å². The number of carbonyl (C=O) groups is 4. The van der Waals surface area contributed by atoms with Crippen LogP contribution in [0, 0.1) is 17.8 Å². The van der Waals surface area contributed by atoms with E-state index in [-0.39, 0.29) is 12.8 Å². The van der Waals surface area contributed by atoms with Gasteiger partial charge in [-0.15, -0.1) is 12.3 Å². The van der Waals surface area contributed by atoms with Crippen LogP contribution in [0.25, 0.3) is 0 Å². The Morgan fingerprint density at radius 3 is 1.97 bits per heavy atom. The van der Waals surface area contributed by atoms with Crippen molar-refractivity contribution in [3.8, 4) is 12.3 Å². The fraction of sp³-hybridized carbons (Fsp3) is 0.357. The van der Waals surface area contributed by atoms with Gasteiger partial charge in [0.05, 0.1) is 33.8 Å². The van der Waals surface area contributed by atoms with Gasteiger partial charge in [0.2, 0.25) is 0 Å². The van der Waals surface area contributed by atoms with Gasteiger partial charge in [0, 0.05) is 6.42 Å². The van der Waals surface area contributed by atoms with Crippen molar-refractivity contribution in [2.24, 2.45) is 5.41 Å². The molecule has 0 spiro atoms. The molecular formula is C28H29NO8. The molecule has 1 fully saturated rings. The number of carbonyl (C=O) groups excluding carboxylic acids is 4. The number of methoxy groups -OCH3 is 3. The molecule has 0 bridgehead atoms. The Hall–Kier alpha value is -4.32. The van der Waals surface area contributed by atoms with Crippen LogP contribution in [0.1, 0.15) is 42.5 Å². The van der Waals surface area contributed by atoms with Crippen molar-refractivity contribution >= 4 is 24.0 Å². The topological polar surface area (TPSA) is 108 Å². The van der Waals surface area contributed by atoms with E-state index in [4.69, 9.17) is 25.4 Å². The van der Waals surface area contributed by atoms with Crippen LogP contribution in [-0.4, -0.2) is 56.3 Å². The molecule has 0 saturated carbocycles. The van der Waals surface area contributed by atoms with E-state index in [0.29, 0.717) is 11.1 Å². The zero-order valence-electron chi connectivity index (χ0n) is 20.9.